The molecule has 0 aliphatic rings. The molecule has 18 heavy (non-hydrogen) atoms. The van der Waals surface area contributed by atoms with Crippen molar-refractivity contribution in [3.8, 4) is 11.5 Å². The second-order valence-corrected chi connectivity index (χ2v) is 4.31. The van der Waals surface area contributed by atoms with E-state index in [0.717, 1.165) is 16.9 Å². The fourth-order valence-electron chi connectivity index (χ4n) is 1.82. The molecule has 0 aliphatic carbocycles. The van der Waals surface area contributed by atoms with E-state index in [0.29, 0.717) is 11.3 Å². The van der Waals surface area contributed by atoms with E-state index in [9.17, 15) is 4.79 Å². The minimum absolute atomic E-state index is 0.437. The van der Waals surface area contributed by atoms with Gasteiger partial charge in [-0.25, -0.2) is 0 Å². The van der Waals surface area contributed by atoms with E-state index < -0.39 is 5.91 Å². The van der Waals surface area contributed by atoms with Crippen LogP contribution in [0.25, 0.3) is 0 Å². The molecule has 0 saturated carbocycles. The first-order valence-corrected chi connectivity index (χ1v) is 5.70. The SMILES string of the molecule is Cc1cc(C)cc(Oc2ccc(C(N)=O)cc2)c1. The summed E-state index contributed by atoms with van der Waals surface area (Å²) in [5.74, 6) is 1.04. The maximum Gasteiger partial charge on any atom is 0.248 e. The summed E-state index contributed by atoms with van der Waals surface area (Å²) in [4.78, 5) is 10.9. The molecular formula is C15H15NO2. The Hall–Kier alpha value is -2.29. The van der Waals surface area contributed by atoms with Gasteiger partial charge < -0.3 is 10.5 Å². The van der Waals surface area contributed by atoms with Gasteiger partial charge in [0.1, 0.15) is 11.5 Å². The topological polar surface area (TPSA) is 52.3 Å². The maximum atomic E-state index is 10.9. The van der Waals surface area contributed by atoms with Gasteiger partial charge in [-0.05, 0) is 61.4 Å². The van der Waals surface area contributed by atoms with E-state index >= 15 is 0 Å². The average Bonchev–Trinajstić information content (AvgIpc) is 2.28. The number of hydrogen-bond donors (Lipinski definition) is 1. The number of ether oxygens (including phenoxy) is 1. The summed E-state index contributed by atoms with van der Waals surface area (Å²) in [6, 6.07) is 12.8. The monoisotopic (exact) mass is 241 g/mol. The smallest absolute Gasteiger partial charge is 0.248 e. The number of amides is 1. The summed E-state index contributed by atoms with van der Waals surface area (Å²) in [6.07, 6.45) is 0. The zero-order valence-corrected chi connectivity index (χ0v) is 10.4. The van der Waals surface area contributed by atoms with Crippen molar-refractivity contribution in [2.24, 2.45) is 5.73 Å². The van der Waals surface area contributed by atoms with E-state index in [2.05, 4.69) is 6.07 Å². The second kappa shape index (κ2) is 4.92. The molecule has 0 radical (unpaired) electrons. The molecule has 0 unspecified atom stereocenters. The van der Waals surface area contributed by atoms with E-state index in [1.807, 2.05) is 26.0 Å². The molecule has 0 spiro atoms. The largest absolute Gasteiger partial charge is 0.457 e. The molecule has 1 amide bonds. The third-order valence-corrected chi connectivity index (χ3v) is 2.57. The van der Waals surface area contributed by atoms with Crippen LogP contribution < -0.4 is 10.5 Å². The predicted octanol–water partition coefficient (Wildman–Crippen LogP) is 3.19. The van der Waals surface area contributed by atoms with Crippen LogP contribution in [0.5, 0.6) is 11.5 Å². The van der Waals surface area contributed by atoms with Crippen molar-refractivity contribution in [2.45, 2.75) is 13.8 Å². The molecule has 3 nitrogen and oxygen atoms in total. The molecule has 2 aromatic carbocycles. The predicted molar refractivity (Wildman–Crippen MR) is 70.9 cm³/mol. The molecular weight excluding hydrogens is 226 g/mol. The van der Waals surface area contributed by atoms with Crippen molar-refractivity contribution < 1.29 is 9.53 Å². The Bertz CT molecular complexity index is 553. The highest BCUT2D eigenvalue weighted by Crippen LogP contribution is 2.23. The molecule has 2 N–H and O–H groups in total. The number of aryl methyl sites for hydroxylation is 2. The first kappa shape index (κ1) is 12.2. The normalized spacial score (nSPS) is 10.1. The van der Waals surface area contributed by atoms with Gasteiger partial charge in [0, 0.05) is 5.56 Å². The molecule has 2 rings (SSSR count). The zero-order valence-electron chi connectivity index (χ0n) is 10.4. The lowest BCUT2D eigenvalue weighted by Crippen LogP contribution is -2.10. The van der Waals surface area contributed by atoms with Crippen molar-refractivity contribution in [3.63, 3.8) is 0 Å². The van der Waals surface area contributed by atoms with Crippen molar-refractivity contribution in [1.29, 1.82) is 0 Å². The van der Waals surface area contributed by atoms with Gasteiger partial charge in [-0.3, -0.25) is 4.79 Å². The van der Waals surface area contributed by atoms with Gasteiger partial charge in [0.25, 0.3) is 0 Å². The van der Waals surface area contributed by atoms with Gasteiger partial charge >= 0.3 is 0 Å². The zero-order chi connectivity index (χ0) is 13.1. The van der Waals surface area contributed by atoms with E-state index in [1.165, 1.54) is 0 Å². The van der Waals surface area contributed by atoms with Crippen LogP contribution >= 0.6 is 0 Å². The first-order chi connectivity index (χ1) is 8.54. The van der Waals surface area contributed by atoms with Crippen molar-refractivity contribution in [2.75, 3.05) is 0 Å². The number of primary amides is 1. The van der Waals surface area contributed by atoms with Gasteiger partial charge in [0.05, 0.1) is 0 Å². The fraction of sp³-hybridized carbons (Fsp3) is 0.133. The Balaban J connectivity index is 2.20. The van der Waals surface area contributed by atoms with E-state index in [4.69, 9.17) is 10.5 Å². The Morgan fingerprint density at radius 2 is 1.50 bits per heavy atom. The molecule has 3 heteroatoms. The molecule has 0 saturated heterocycles. The number of nitrogens with two attached hydrogens (primary N) is 1. The minimum atomic E-state index is -0.437. The molecule has 92 valence electrons. The van der Waals surface area contributed by atoms with Crippen LogP contribution in [-0.2, 0) is 0 Å². The van der Waals surface area contributed by atoms with Gasteiger partial charge in [0.2, 0.25) is 5.91 Å². The quantitative estimate of drug-likeness (QED) is 0.897. The lowest BCUT2D eigenvalue weighted by atomic mass is 10.1. The Morgan fingerprint density at radius 3 is 2.00 bits per heavy atom. The molecule has 0 aliphatic heterocycles. The second-order valence-electron chi connectivity index (χ2n) is 4.31. The van der Waals surface area contributed by atoms with Crippen molar-refractivity contribution >= 4 is 5.91 Å². The summed E-state index contributed by atoms with van der Waals surface area (Å²) >= 11 is 0. The standard InChI is InChI=1S/C15H15NO2/c1-10-7-11(2)9-14(8-10)18-13-5-3-12(4-6-13)15(16)17/h3-9H,1-2H3,(H2,16,17). The van der Waals surface area contributed by atoms with Crippen LogP contribution in [0, 0.1) is 13.8 Å². The summed E-state index contributed by atoms with van der Waals surface area (Å²) in [7, 11) is 0. The number of hydrogen-bond acceptors (Lipinski definition) is 2. The maximum absolute atomic E-state index is 10.9. The lowest BCUT2D eigenvalue weighted by molar-refractivity contribution is 0.100. The molecule has 0 atom stereocenters. The van der Waals surface area contributed by atoms with Crippen LogP contribution in [0.15, 0.2) is 42.5 Å². The summed E-state index contributed by atoms with van der Waals surface area (Å²) < 4.78 is 5.72. The van der Waals surface area contributed by atoms with Crippen LogP contribution in [0.2, 0.25) is 0 Å². The third-order valence-electron chi connectivity index (χ3n) is 2.57. The van der Waals surface area contributed by atoms with Crippen LogP contribution in [0.1, 0.15) is 21.5 Å². The minimum Gasteiger partial charge on any atom is -0.457 e. The summed E-state index contributed by atoms with van der Waals surface area (Å²) in [5, 5.41) is 0. The third kappa shape index (κ3) is 2.88. The highest BCUT2D eigenvalue weighted by molar-refractivity contribution is 5.92. The highest BCUT2D eigenvalue weighted by atomic mass is 16.5. The van der Waals surface area contributed by atoms with E-state index in [-0.39, 0.29) is 0 Å². The first-order valence-electron chi connectivity index (χ1n) is 5.70. The molecule has 0 aromatic heterocycles. The van der Waals surface area contributed by atoms with Gasteiger partial charge in [-0.15, -0.1) is 0 Å². The number of benzene rings is 2. The molecule has 0 bridgehead atoms. The summed E-state index contributed by atoms with van der Waals surface area (Å²) in [6.45, 7) is 4.05. The van der Waals surface area contributed by atoms with Crippen molar-refractivity contribution in [3.05, 3.63) is 59.2 Å². The molecule has 0 fully saturated rings. The summed E-state index contributed by atoms with van der Waals surface area (Å²) in [5.41, 5.74) is 7.95. The number of rotatable bonds is 3. The fourth-order valence-corrected chi connectivity index (χ4v) is 1.82. The highest BCUT2D eigenvalue weighted by Gasteiger charge is 2.02. The van der Waals surface area contributed by atoms with E-state index in [1.54, 1.807) is 24.3 Å². The van der Waals surface area contributed by atoms with Gasteiger partial charge in [0.15, 0.2) is 0 Å². The molecule has 2 aromatic rings. The van der Waals surface area contributed by atoms with Crippen LogP contribution in [0.4, 0.5) is 0 Å². The van der Waals surface area contributed by atoms with Crippen molar-refractivity contribution in [1.82, 2.24) is 0 Å². The average molecular weight is 241 g/mol. The van der Waals surface area contributed by atoms with Gasteiger partial charge in [-0.2, -0.15) is 0 Å². The Kier molecular flexibility index (Phi) is 3.33. The van der Waals surface area contributed by atoms with Gasteiger partial charge in [-0.1, -0.05) is 6.07 Å². The Labute approximate surface area is 106 Å². The number of carbonyl (C=O) groups is 1. The van der Waals surface area contributed by atoms with Crippen LogP contribution in [0.3, 0.4) is 0 Å². The Morgan fingerprint density at radius 1 is 0.944 bits per heavy atom. The van der Waals surface area contributed by atoms with Crippen LogP contribution in [-0.4, -0.2) is 5.91 Å². The molecule has 0 heterocycles. The number of carbonyl (C=O) groups excluding carboxylic acids is 1. The lowest BCUT2D eigenvalue weighted by Gasteiger charge is -2.08.